The van der Waals surface area contributed by atoms with Crippen LogP contribution in [0.15, 0.2) is 17.8 Å². The van der Waals surface area contributed by atoms with Crippen molar-refractivity contribution in [3.63, 3.8) is 0 Å². The first kappa shape index (κ1) is 27.8. The minimum absolute atomic E-state index is 0.257. The standard InChI is InChI=1S/C32H45N3O7/c1-29(2)39-25-23(38-28-27(26(25)40-29)41-30(3,4)42-28)15-35-16-24(33-34-35)32(37)13-11-22-21-8-6-17-14-18(36)7-9-19(17)20(21)10-12-31(22,32)5/h14,16,19-23,25-28,37H,6-13,15H2,1-5H3/t19-,20+,21+,22-,23+,25-,26-,27+,28+,31-,32+/m0/s1. The molecule has 7 aliphatic rings. The Balaban J connectivity index is 1.02. The maximum Gasteiger partial charge on any atom is 0.190 e. The molecule has 0 aromatic carbocycles. The third-order valence-corrected chi connectivity index (χ3v) is 12.0. The molecule has 8 rings (SSSR count). The Kier molecular flexibility index (Phi) is 6.08. The van der Waals surface area contributed by atoms with Crippen LogP contribution >= 0.6 is 0 Å². The fourth-order valence-electron chi connectivity index (χ4n) is 10.2. The Bertz CT molecular complexity index is 1310. The number of fused-ring (bicyclic) bond motifs is 8. The Labute approximate surface area is 247 Å². The number of aliphatic hydroxyl groups is 1. The van der Waals surface area contributed by atoms with E-state index in [2.05, 4.69) is 17.2 Å². The molecule has 0 bridgehead atoms. The van der Waals surface area contributed by atoms with Crippen LogP contribution in [-0.4, -0.2) is 68.2 Å². The summed E-state index contributed by atoms with van der Waals surface area (Å²) in [6.45, 7) is 10.3. The second-order valence-electron chi connectivity index (χ2n) is 15.2. The van der Waals surface area contributed by atoms with Gasteiger partial charge in [0.1, 0.15) is 35.7 Å². The van der Waals surface area contributed by atoms with Crippen LogP contribution in [0.25, 0.3) is 0 Å². The minimum atomic E-state index is -1.03. The van der Waals surface area contributed by atoms with Gasteiger partial charge in [-0.05, 0) is 102 Å². The molecule has 1 N–H and O–H groups in total. The second-order valence-corrected chi connectivity index (χ2v) is 15.2. The number of rotatable bonds is 3. The largest absolute Gasteiger partial charge is 0.383 e. The molecule has 4 aliphatic carbocycles. The third-order valence-electron chi connectivity index (χ3n) is 12.0. The van der Waals surface area contributed by atoms with Gasteiger partial charge in [0, 0.05) is 11.8 Å². The number of allylic oxidation sites excluding steroid dienone is 1. The molecule has 230 valence electrons. The van der Waals surface area contributed by atoms with Crippen LogP contribution in [0.2, 0.25) is 0 Å². The van der Waals surface area contributed by atoms with Crippen LogP contribution in [0.5, 0.6) is 0 Å². The molecule has 1 aromatic rings. The van der Waals surface area contributed by atoms with E-state index in [1.54, 1.807) is 4.68 Å². The lowest BCUT2D eigenvalue weighted by atomic mass is 9.50. The van der Waals surface area contributed by atoms with Gasteiger partial charge in [-0.1, -0.05) is 17.7 Å². The van der Waals surface area contributed by atoms with Gasteiger partial charge in [-0.2, -0.15) is 0 Å². The molecule has 11 atom stereocenters. The van der Waals surface area contributed by atoms with Gasteiger partial charge >= 0.3 is 0 Å². The van der Waals surface area contributed by atoms with Crippen LogP contribution in [0.4, 0.5) is 0 Å². The molecule has 3 saturated carbocycles. The van der Waals surface area contributed by atoms with E-state index >= 15 is 0 Å². The highest BCUT2D eigenvalue weighted by molar-refractivity contribution is 5.91. The van der Waals surface area contributed by atoms with Gasteiger partial charge in [-0.3, -0.25) is 4.79 Å². The Morgan fingerprint density at radius 3 is 2.50 bits per heavy atom. The molecule has 6 fully saturated rings. The molecule has 42 heavy (non-hydrogen) atoms. The molecule has 10 nitrogen and oxygen atoms in total. The Hall–Kier alpha value is -1.69. The number of nitrogens with zero attached hydrogens (tertiary/aromatic N) is 3. The number of ketones is 1. The molecule has 0 radical (unpaired) electrons. The topological polar surface area (TPSA) is 114 Å². The highest BCUT2D eigenvalue weighted by Crippen LogP contribution is 2.67. The Morgan fingerprint density at radius 1 is 0.905 bits per heavy atom. The molecule has 1 aromatic heterocycles. The van der Waals surface area contributed by atoms with Crippen molar-refractivity contribution in [3.8, 4) is 0 Å². The van der Waals surface area contributed by atoms with Crippen molar-refractivity contribution in [3.05, 3.63) is 23.5 Å². The van der Waals surface area contributed by atoms with Crippen molar-refractivity contribution in [1.29, 1.82) is 0 Å². The van der Waals surface area contributed by atoms with E-state index in [0.717, 1.165) is 38.5 Å². The van der Waals surface area contributed by atoms with Gasteiger partial charge in [0.25, 0.3) is 0 Å². The molecule has 10 heteroatoms. The lowest BCUT2D eigenvalue weighted by molar-refractivity contribution is -0.236. The van der Waals surface area contributed by atoms with E-state index in [-0.39, 0.29) is 29.8 Å². The van der Waals surface area contributed by atoms with E-state index in [9.17, 15) is 9.90 Å². The van der Waals surface area contributed by atoms with Crippen LogP contribution in [0, 0.1) is 29.1 Å². The van der Waals surface area contributed by atoms with Crippen molar-refractivity contribution in [1.82, 2.24) is 15.0 Å². The molecule has 3 aliphatic heterocycles. The van der Waals surface area contributed by atoms with Crippen LogP contribution < -0.4 is 0 Å². The first-order valence-corrected chi connectivity index (χ1v) is 16.1. The van der Waals surface area contributed by atoms with E-state index in [0.29, 0.717) is 54.5 Å². The summed E-state index contributed by atoms with van der Waals surface area (Å²) in [7, 11) is 0. The zero-order valence-corrected chi connectivity index (χ0v) is 25.5. The maximum atomic E-state index is 12.4. The lowest BCUT2D eigenvalue weighted by Crippen LogP contribution is -2.56. The monoisotopic (exact) mass is 583 g/mol. The average molecular weight is 584 g/mol. The summed E-state index contributed by atoms with van der Waals surface area (Å²) in [5.41, 5.74) is 0.764. The van der Waals surface area contributed by atoms with Gasteiger partial charge in [-0.15, -0.1) is 5.10 Å². The fourth-order valence-corrected chi connectivity index (χ4v) is 10.2. The molecule has 0 unspecified atom stereocenters. The molecule has 4 heterocycles. The fraction of sp³-hybridized carbons (Fsp3) is 0.844. The van der Waals surface area contributed by atoms with Crippen molar-refractivity contribution >= 4 is 5.78 Å². The van der Waals surface area contributed by atoms with E-state index in [1.807, 2.05) is 40.0 Å². The van der Waals surface area contributed by atoms with Crippen molar-refractivity contribution in [2.45, 2.75) is 140 Å². The highest BCUT2D eigenvalue weighted by Gasteiger charge is 2.64. The van der Waals surface area contributed by atoms with Gasteiger partial charge < -0.3 is 28.8 Å². The summed E-state index contributed by atoms with van der Waals surface area (Å²) in [6, 6.07) is 0. The number of hydrogen-bond acceptors (Lipinski definition) is 9. The van der Waals surface area contributed by atoms with E-state index < -0.39 is 23.5 Å². The molecule has 0 spiro atoms. The maximum absolute atomic E-state index is 12.4. The SMILES string of the molecule is CC1(C)O[C@H]2[C@@H](O1)[C@@H](Cn1cc([C@]3(O)CC[C@H]4[C@@H]5CCC6=CC(=O)CC[C@@H]6[C@H]5CC[C@@]43C)nn1)O[C@@H]1OC(C)(C)O[C@@H]12. The summed E-state index contributed by atoms with van der Waals surface area (Å²) in [4.78, 5) is 12.1. The van der Waals surface area contributed by atoms with Gasteiger partial charge in [0.2, 0.25) is 0 Å². The summed E-state index contributed by atoms with van der Waals surface area (Å²) in [5, 5.41) is 21.5. The van der Waals surface area contributed by atoms with Gasteiger partial charge in [0.05, 0.1) is 12.7 Å². The summed E-state index contributed by atoms with van der Waals surface area (Å²) >= 11 is 0. The lowest BCUT2D eigenvalue weighted by Gasteiger charge is -2.55. The van der Waals surface area contributed by atoms with Gasteiger partial charge in [-0.25, -0.2) is 4.68 Å². The smallest absolute Gasteiger partial charge is 0.190 e. The number of aromatic nitrogens is 3. The zero-order valence-electron chi connectivity index (χ0n) is 25.5. The minimum Gasteiger partial charge on any atom is -0.383 e. The first-order valence-electron chi connectivity index (χ1n) is 16.1. The molecule has 0 amide bonds. The zero-order chi connectivity index (χ0) is 29.2. The van der Waals surface area contributed by atoms with Crippen LogP contribution in [0.1, 0.15) is 91.7 Å². The first-order chi connectivity index (χ1) is 19.9. The molecular formula is C32H45N3O7. The number of hydrogen-bond donors (Lipinski definition) is 1. The quantitative estimate of drug-likeness (QED) is 0.564. The Morgan fingerprint density at radius 2 is 1.67 bits per heavy atom. The van der Waals surface area contributed by atoms with E-state index in [4.69, 9.17) is 23.7 Å². The van der Waals surface area contributed by atoms with Crippen molar-refractivity contribution in [2.24, 2.45) is 29.1 Å². The van der Waals surface area contributed by atoms with Crippen molar-refractivity contribution in [2.75, 3.05) is 0 Å². The average Bonchev–Trinajstić information content (AvgIpc) is 3.66. The normalized spacial score (nSPS) is 48.6. The highest BCUT2D eigenvalue weighted by atomic mass is 16.9. The molecule has 3 saturated heterocycles. The summed E-state index contributed by atoms with van der Waals surface area (Å²) < 4.78 is 33.0. The van der Waals surface area contributed by atoms with Crippen LogP contribution in [0.3, 0.4) is 0 Å². The van der Waals surface area contributed by atoms with Gasteiger partial charge in [0.15, 0.2) is 23.6 Å². The van der Waals surface area contributed by atoms with E-state index in [1.165, 1.54) is 5.57 Å². The third kappa shape index (κ3) is 4.08. The molecular weight excluding hydrogens is 538 g/mol. The summed E-state index contributed by atoms with van der Waals surface area (Å²) in [6.07, 6.45) is 9.46. The number of carbonyl (C=O) groups is 1. The predicted molar refractivity (Wildman–Crippen MR) is 149 cm³/mol. The van der Waals surface area contributed by atoms with Crippen LogP contribution in [-0.2, 0) is 40.6 Å². The number of carbonyl (C=O) groups excluding carboxylic acids is 1. The predicted octanol–water partition coefficient (Wildman–Crippen LogP) is 4.00. The number of ether oxygens (including phenoxy) is 5. The van der Waals surface area contributed by atoms with Crippen molar-refractivity contribution < 1.29 is 33.6 Å². The summed E-state index contributed by atoms with van der Waals surface area (Å²) in [5.74, 6) is 0.969. The second kappa shape index (κ2) is 9.17.